The number of piperidine rings is 3. The summed E-state index contributed by atoms with van der Waals surface area (Å²) in [5.74, 6) is 2.20. The minimum absolute atomic E-state index is 0. The van der Waals surface area contributed by atoms with Gasteiger partial charge in [0.15, 0.2) is 0 Å². The summed E-state index contributed by atoms with van der Waals surface area (Å²) in [6, 6.07) is 46.7. The molecule has 6 saturated heterocycles. The van der Waals surface area contributed by atoms with Gasteiger partial charge >= 0.3 is 18.1 Å². The molecular formula is C100H125B2BrF3N13O11S2. The number of sulfonamides is 2. The first-order valence-electron chi connectivity index (χ1n) is 45.5. The van der Waals surface area contributed by atoms with E-state index >= 15 is 4.39 Å². The Morgan fingerprint density at radius 1 is 0.432 bits per heavy atom. The SMILES string of the molecule is C.CC(C)Oc1cccc(CN2CCC3(CC2)C(=NC2CCCCC2)NC(=O)N3c2cc(F)ccc2Br)c1.Cc1cc(-c2ccc(F)cc2N2C(=O)NC(=NC3CCCCC3)C23CCN(Cc2cccc(OC(C)C)c2)CC3)ccc1S(=O)(=O)N(C)C.Cc1cc(-c2ccc(F)cc2N2C(=O)NC(=O)C23CCN(Cc2cccc(OC(C)C)c2)CC3)ccc1S(=O)(=O)N(C)C.[B][B]. The molecule has 0 atom stereocenters. The Hall–Kier alpha value is -9.92. The zero-order valence-electron chi connectivity index (χ0n) is 77.1. The van der Waals surface area contributed by atoms with Gasteiger partial charge < -0.3 is 14.2 Å². The van der Waals surface area contributed by atoms with Crippen LogP contribution in [0.5, 0.6) is 17.2 Å². The smallest absolute Gasteiger partial charge is 0.329 e. The Morgan fingerprint density at radius 2 is 0.750 bits per heavy atom. The fourth-order valence-corrected chi connectivity index (χ4v) is 21.9. The number of nitrogens with zero attached hydrogens (tertiary/aromatic N) is 10. The number of ether oxygens (including phenoxy) is 3. The number of hydrogen-bond acceptors (Lipinski definition) is 16. The highest BCUT2D eigenvalue weighted by Gasteiger charge is 2.58. The van der Waals surface area contributed by atoms with E-state index < -0.39 is 60.2 Å². The largest absolute Gasteiger partial charge is 0.491 e. The third-order valence-corrected chi connectivity index (χ3v) is 30.4. The van der Waals surface area contributed by atoms with Crippen molar-refractivity contribution in [3.8, 4) is 39.5 Å². The summed E-state index contributed by atoms with van der Waals surface area (Å²) in [5, 5.41) is 8.72. The number of nitrogens with one attached hydrogen (secondary N) is 3. The number of anilines is 3. The van der Waals surface area contributed by atoms with E-state index in [-0.39, 0.29) is 71.2 Å². The minimum atomic E-state index is -3.67. The maximum absolute atomic E-state index is 15.2. The topological polar surface area (TPSA) is 251 Å². The molecule has 2 aliphatic carbocycles. The number of amidine groups is 2. The summed E-state index contributed by atoms with van der Waals surface area (Å²) < 4.78 is 116. The molecule has 702 valence electrons. The van der Waals surface area contributed by atoms with Crippen molar-refractivity contribution in [3.05, 3.63) is 214 Å². The fraction of sp³-hybridized carbons (Fsp3) is 0.460. The number of rotatable bonds is 23. The third-order valence-electron chi connectivity index (χ3n) is 25.8. The second-order valence-electron chi connectivity index (χ2n) is 36.5. The lowest BCUT2D eigenvalue weighted by molar-refractivity contribution is -0.124. The van der Waals surface area contributed by atoms with Crippen LogP contribution in [0.25, 0.3) is 22.3 Å². The molecule has 132 heavy (non-hydrogen) atoms. The quantitative estimate of drug-likeness (QED) is 0.0398. The van der Waals surface area contributed by atoms with Gasteiger partial charge in [0.25, 0.3) is 5.91 Å². The number of imide groups is 1. The van der Waals surface area contributed by atoms with Gasteiger partial charge in [-0.05, 0) is 278 Å². The fourth-order valence-electron chi connectivity index (χ4n) is 19.3. The number of hydrogen-bond donors (Lipinski definition) is 3. The van der Waals surface area contributed by atoms with Crippen molar-refractivity contribution < 1.29 is 63.4 Å². The standard InChI is InChI=1S/C38H48FN5O4S.C32H37FN4O5S.C29H36BrFN4O2.CH4.B2/c1-26(2)48-32-13-9-10-28(23-32)25-43-20-18-38(19-21-43)36(40-31-11-7-6-8-12-31)41-37(45)44(38)34-24-30(39)15-16-33(34)29-14-17-35(27(3)22-29)49(46,47)42(4)5;1-21(2)42-26-8-6-7-23(18-26)20-36-15-13-32(14-16-36)30(38)34-31(39)37(32)28-19-25(33)10-11-27(28)24-9-12-29(22(3)17-24)43(40,41)35(4)5;1-20(2)37-24-10-6-7-21(17-24)19-34-15-13-29(14-16-34)27(32-23-8-4-3-5-9-23)33-28(36)35(29)26-18-22(31)11-12-25(26)30;;1-2/h9-10,13-17,22-24,26,31H,6-8,11-12,18-21,25H2,1-5H3,(H,40,41,45);6-12,17-19,21H,13-16,20H2,1-5H3,(H,34,38,39);6-7,10-12,17-18,20,23H,3-5,8-9,13-16,19H2,1-2H3,(H,32,33,36);1H4;. The predicted molar refractivity (Wildman–Crippen MR) is 522 cm³/mol. The molecule has 6 aliphatic heterocycles. The van der Waals surface area contributed by atoms with E-state index in [1.165, 1.54) is 111 Å². The van der Waals surface area contributed by atoms with Crippen LogP contribution in [0.1, 0.15) is 180 Å². The van der Waals surface area contributed by atoms with Crippen molar-refractivity contribution in [1.29, 1.82) is 0 Å². The molecule has 3 spiro atoms. The van der Waals surface area contributed by atoms with E-state index in [0.717, 1.165) is 116 Å². The monoisotopic (exact) mass is 1910 g/mol. The van der Waals surface area contributed by atoms with E-state index in [2.05, 4.69) is 86.3 Å². The molecule has 7 amide bonds. The van der Waals surface area contributed by atoms with Gasteiger partial charge in [-0.25, -0.2) is 53.0 Å². The molecule has 32 heteroatoms. The maximum Gasteiger partial charge on any atom is 0.329 e. The number of carbonyl (C=O) groups excluding carboxylic acids is 4. The molecule has 0 aromatic heterocycles. The molecule has 8 aliphatic rings. The average Bonchev–Trinajstić information content (AvgIpc) is 1.58. The second-order valence-corrected chi connectivity index (χ2v) is 41.6. The molecule has 4 radical (unpaired) electrons. The summed E-state index contributed by atoms with van der Waals surface area (Å²) in [7, 11) is 6.61. The first-order chi connectivity index (χ1) is 62.5. The Bertz CT molecular complexity index is 5760. The maximum atomic E-state index is 15.2. The second kappa shape index (κ2) is 43.6. The van der Waals surface area contributed by atoms with Gasteiger partial charge in [-0.2, -0.15) is 0 Å². The number of amides is 7. The number of benzene rings is 8. The number of carbonyl (C=O) groups is 4. The lowest BCUT2D eigenvalue weighted by Crippen LogP contribution is -2.57. The van der Waals surface area contributed by atoms with Crippen LogP contribution in [-0.2, 0) is 44.5 Å². The number of likely N-dealkylation sites (tertiary alicyclic amines) is 3. The van der Waals surface area contributed by atoms with Crippen LogP contribution in [-0.4, -0.2) is 206 Å². The minimum Gasteiger partial charge on any atom is -0.491 e. The molecule has 8 aromatic carbocycles. The normalized spacial score (nSPS) is 19.1. The van der Waals surface area contributed by atoms with E-state index in [9.17, 15) is 44.8 Å². The first-order valence-corrected chi connectivity index (χ1v) is 49.1. The van der Waals surface area contributed by atoms with Crippen LogP contribution in [0.3, 0.4) is 0 Å². The zero-order chi connectivity index (χ0) is 94.0. The van der Waals surface area contributed by atoms with Crippen molar-refractivity contribution >= 4 is 104 Å². The summed E-state index contributed by atoms with van der Waals surface area (Å²) in [5.41, 5.74) is 5.69. The molecule has 16 rings (SSSR count). The van der Waals surface area contributed by atoms with Crippen molar-refractivity contribution in [1.82, 2.24) is 39.3 Å². The predicted octanol–water partition coefficient (Wildman–Crippen LogP) is 18.6. The first kappa shape index (κ1) is 101. The molecule has 8 fully saturated rings. The van der Waals surface area contributed by atoms with E-state index in [4.69, 9.17) is 24.2 Å². The Morgan fingerprint density at radius 3 is 1.09 bits per heavy atom. The highest BCUT2D eigenvalue weighted by molar-refractivity contribution is 9.10. The summed E-state index contributed by atoms with van der Waals surface area (Å²) in [6.45, 7) is 21.8. The zero-order valence-corrected chi connectivity index (χ0v) is 80.3. The van der Waals surface area contributed by atoms with Crippen molar-refractivity contribution in [3.63, 3.8) is 0 Å². The van der Waals surface area contributed by atoms with E-state index in [1.54, 1.807) is 72.2 Å². The van der Waals surface area contributed by atoms with Crippen LogP contribution in [0.4, 0.5) is 44.6 Å². The van der Waals surface area contributed by atoms with Gasteiger partial charge in [0.05, 0.1) is 57.2 Å². The molecule has 2 saturated carbocycles. The Labute approximate surface area is 788 Å². The van der Waals surface area contributed by atoms with Crippen LogP contribution in [0, 0.1) is 31.3 Å². The number of aryl methyl sites for hydroxylation is 2. The van der Waals surface area contributed by atoms with Crippen LogP contribution in [0.15, 0.2) is 188 Å². The molecule has 3 N–H and O–H groups in total. The number of aliphatic imine (C=N–C) groups is 2. The Kier molecular flexibility index (Phi) is 33.4. The summed E-state index contributed by atoms with van der Waals surface area (Å²) in [4.78, 5) is 76.9. The molecular weight excluding hydrogens is 1780 g/mol. The van der Waals surface area contributed by atoms with Crippen molar-refractivity contribution in [2.45, 2.75) is 242 Å². The third kappa shape index (κ3) is 22.8. The lowest BCUT2D eigenvalue weighted by Gasteiger charge is -2.44. The highest BCUT2D eigenvalue weighted by atomic mass is 79.9. The number of halogens is 4. The van der Waals surface area contributed by atoms with Gasteiger partial charge in [0.2, 0.25) is 20.0 Å². The van der Waals surface area contributed by atoms with E-state index in [1.807, 2.05) is 90.1 Å². The van der Waals surface area contributed by atoms with Crippen molar-refractivity contribution in [2.75, 3.05) is 82.2 Å². The van der Waals surface area contributed by atoms with Gasteiger partial charge in [-0.1, -0.05) is 107 Å². The van der Waals surface area contributed by atoms with Gasteiger partial charge in [-0.3, -0.25) is 60.1 Å². The van der Waals surface area contributed by atoms with Crippen molar-refractivity contribution in [2.24, 2.45) is 9.98 Å². The van der Waals surface area contributed by atoms with Crippen LogP contribution < -0.4 is 44.9 Å². The van der Waals surface area contributed by atoms with Gasteiger partial charge in [0.1, 0.15) is 63.0 Å². The van der Waals surface area contributed by atoms with Gasteiger partial charge in [-0.15, -0.1) is 0 Å². The molecule has 24 nitrogen and oxygen atoms in total. The molecule has 8 aromatic rings. The van der Waals surface area contributed by atoms with Gasteiger partial charge in [0, 0.05) is 118 Å². The number of urea groups is 3. The summed E-state index contributed by atoms with van der Waals surface area (Å²) in [6.07, 6.45) is 14.8. The van der Waals surface area contributed by atoms with Crippen LogP contribution >= 0.6 is 15.9 Å². The molecule has 0 unspecified atom stereocenters. The Balaban J connectivity index is 0.000000178. The average molecular weight is 1910 g/mol. The molecule has 0 bridgehead atoms. The lowest BCUT2D eigenvalue weighted by atomic mass is 9.81. The van der Waals surface area contributed by atoms with Crippen LogP contribution in [0.2, 0.25) is 0 Å². The summed E-state index contributed by atoms with van der Waals surface area (Å²) >= 11 is 3.57. The van der Waals surface area contributed by atoms with E-state index in [0.29, 0.717) is 113 Å². The molecule has 6 heterocycles. The highest BCUT2D eigenvalue weighted by Crippen LogP contribution is 2.48.